The summed E-state index contributed by atoms with van der Waals surface area (Å²) in [7, 11) is -4.34. The first-order chi connectivity index (χ1) is 14.3. The molecule has 0 saturated heterocycles. The van der Waals surface area contributed by atoms with Gasteiger partial charge in [-0.05, 0) is 6.42 Å². The fourth-order valence-corrected chi connectivity index (χ4v) is 4.11. The molecule has 0 saturated carbocycles. The Labute approximate surface area is 182 Å². The summed E-state index contributed by atoms with van der Waals surface area (Å²) >= 11 is 0. The quantitative estimate of drug-likeness (QED) is 0.0948. The van der Waals surface area contributed by atoms with Crippen LogP contribution < -0.4 is 5.09 Å². The van der Waals surface area contributed by atoms with Gasteiger partial charge in [0.1, 0.15) is 11.9 Å². The highest BCUT2D eigenvalue weighted by atomic mass is 31.2. The van der Waals surface area contributed by atoms with E-state index in [0.29, 0.717) is 6.42 Å². The number of ketones is 1. The number of carbonyl (C=O) groups excluding carboxylic acids is 1. The normalized spacial score (nSPS) is 15.6. The summed E-state index contributed by atoms with van der Waals surface area (Å²) < 4.78 is 16.0. The number of unbranched alkanes of at least 4 members (excludes halogenated alkanes) is 12. The van der Waals surface area contributed by atoms with Crippen LogP contribution in [0, 0.1) is 0 Å². The Morgan fingerprint density at radius 2 is 1.37 bits per heavy atom. The van der Waals surface area contributed by atoms with Crippen molar-refractivity contribution in [1.82, 2.24) is 5.09 Å². The molecule has 3 atom stereocenters. The minimum absolute atomic E-state index is 0.200. The smallest absolute Gasteiger partial charge is 0.395 e. The van der Waals surface area contributed by atoms with Crippen LogP contribution in [0.1, 0.15) is 103 Å². The minimum atomic E-state index is -4.34. The third-order valence-electron chi connectivity index (χ3n) is 5.00. The van der Waals surface area contributed by atoms with Gasteiger partial charge in [0.15, 0.2) is 6.29 Å². The molecule has 0 aliphatic heterocycles. The summed E-state index contributed by atoms with van der Waals surface area (Å²) in [6.07, 6.45) is 12.3. The molecule has 30 heavy (non-hydrogen) atoms. The van der Waals surface area contributed by atoms with Gasteiger partial charge in [-0.25, -0.2) is 9.65 Å². The second kappa shape index (κ2) is 19.4. The van der Waals surface area contributed by atoms with E-state index >= 15 is 0 Å². The van der Waals surface area contributed by atoms with Crippen molar-refractivity contribution in [2.75, 3.05) is 13.2 Å². The summed E-state index contributed by atoms with van der Waals surface area (Å²) in [6.45, 7) is 1.65. The van der Waals surface area contributed by atoms with Crippen molar-refractivity contribution in [2.24, 2.45) is 0 Å². The summed E-state index contributed by atoms with van der Waals surface area (Å²) in [5, 5.41) is 30.0. The number of hydrogen-bond acceptors (Lipinski definition) is 6. The van der Waals surface area contributed by atoms with Crippen molar-refractivity contribution in [3.63, 3.8) is 0 Å². The van der Waals surface area contributed by atoms with E-state index < -0.39 is 20.1 Å². The van der Waals surface area contributed by atoms with E-state index in [1.165, 1.54) is 64.2 Å². The Bertz CT molecular complexity index is 465. The van der Waals surface area contributed by atoms with Gasteiger partial charge in [-0.1, -0.05) is 84.0 Å². The van der Waals surface area contributed by atoms with Gasteiger partial charge in [-0.15, -0.1) is 0 Å². The standard InChI is InChI=1S/C21H44NO7P/c1-2-3-4-5-6-7-8-9-10-11-12-13-14-15-19(24)18-20(25)21(26)29-30(27,28)22-16-17-23/h20-21,23,25-26H,2-18H2,1H3,(H2,22,27,28). The molecular weight excluding hydrogens is 409 g/mol. The molecule has 0 bridgehead atoms. The van der Waals surface area contributed by atoms with Gasteiger partial charge in [-0.3, -0.25) is 9.32 Å². The van der Waals surface area contributed by atoms with Crippen molar-refractivity contribution in [3.05, 3.63) is 0 Å². The highest BCUT2D eigenvalue weighted by Gasteiger charge is 2.29. The summed E-state index contributed by atoms with van der Waals surface area (Å²) in [6, 6.07) is 0. The second-order valence-corrected chi connectivity index (χ2v) is 9.52. The van der Waals surface area contributed by atoms with Crippen LogP contribution >= 0.6 is 7.75 Å². The Morgan fingerprint density at radius 1 is 0.900 bits per heavy atom. The van der Waals surface area contributed by atoms with Gasteiger partial charge in [0.25, 0.3) is 0 Å². The van der Waals surface area contributed by atoms with Crippen LogP contribution in [0.4, 0.5) is 0 Å². The van der Waals surface area contributed by atoms with E-state index in [9.17, 15) is 24.5 Å². The summed E-state index contributed by atoms with van der Waals surface area (Å²) in [4.78, 5) is 21.3. The monoisotopic (exact) mass is 453 g/mol. The molecule has 0 aliphatic rings. The lowest BCUT2D eigenvalue weighted by Gasteiger charge is -2.21. The lowest BCUT2D eigenvalue weighted by molar-refractivity contribution is -0.134. The number of aliphatic hydroxyl groups excluding tert-OH is 3. The molecular formula is C21H44NO7P. The third-order valence-corrected chi connectivity index (χ3v) is 6.12. The number of Topliss-reactive ketones (excluding diaryl/α,β-unsaturated/α-hetero) is 1. The molecule has 0 spiro atoms. The average Bonchev–Trinajstić information content (AvgIpc) is 2.69. The molecule has 0 fully saturated rings. The first-order valence-electron chi connectivity index (χ1n) is 11.6. The topological polar surface area (TPSA) is 136 Å². The van der Waals surface area contributed by atoms with E-state index in [-0.39, 0.29) is 25.4 Å². The van der Waals surface area contributed by atoms with Crippen LogP contribution in [0.2, 0.25) is 0 Å². The molecule has 8 nitrogen and oxygen atoms in total. The van der Waals surface area contributed by atoms with Gasteiger partial charge in [0, 0.05) is 19.4 Å². The van der Waals surface area contributed by atoms with Gasteiger partial charge in [0.2, 0.25) is 0 Å². The molecule has 0 aromatic heterocycles. The minimum Gasteiger partial charge on any atom is -0.395 e. The molecule has 0 amide bonds. The molecule has 0 aliphatic carbocycles. The molecule has 0 rings (SSSR count). The number of carbonyl (C=O) groups is 1. The Balaban J connectivity index is 3.63. The fourth-order valence-electron chi connectivity index (χ4n) is 3.22. The van der Waals surface area contributed by atoms with Crippen molar-refractivity contribution in [1.29, 1.82) is 0 Å². The Hall–Kier alpha value is -0.340. The first kappa shape index (κ1) is 29.7. The predicted molar refractivity (Wildman–Crippen MR) is 118 cm³/mol. The molecule has 0 heterocycles. The van der Waals surface area contributed by atoms with Crippen LogP contribution in [-0.2, 0) is 13.9 Å². The highest BCUT2D eigenvalue weighted by molar-refractivity contribution is 7.50. The molecule has 5 N–H and O–H groups in total. The predicted octanol–water partition coefficient (Wildman–Crippen LogP) is 3.81. The number of nitrogens with one attached hydrogen (secondary N) is 1. The maximum Gasteiger partial charge on any atom is 0.405 e. The van der Waals surface area contributed by atoms with E-state index in [2.05, 4.69) is 11.4 Å². The van der Waals surface area contributed by atoms with Gasteiger partial charge in [0.05, 0.1) is 6.61 Å². The second-order valence-electron chi connectivity index (χ2n) is 7.95. The first-order valence-corrected chi connectivity index (χ1v) is 13.1. The highest BCUT2D eigenvalue weighted by Crippen LogP contribution is 2.38. The molecule has 0 aromatic rings. The van der Waals surface area contributed by atoms with E-state index in [0.717, 1.165) is 19.3 Å². The van der Waals surface area contributed by atoms with Crippen LogP contribution in [0.5, 0.6) is 0 Å². The van der Waals surface area contributed by atoms with Gasteiger partial charge in [-0.2, -0.15) is 0 Å². The number of aliphatic hydroxyl groups is 3. The summed E-state index contributed by atoms with van der Waals surface area (Å²) in [5.74, 6) is -0.218. The van der Waals surface area contributed by atoms with Crippen molar-refractivity contribution >= 4 is 13.5 Å². The van der Waals surface area contributed by atoms with Crippen LogP contribution in [0.3, 0.4) is 0 Å². The van der Waals surface area contributed by atoms with Crippen molar-refractivity contribution in [2.45, 2.75) is 116 Å². The SMILES string of the molecule is CCCCCCCCCCCCCCCC(=O)CC(O)C(O)OP(=O)(O)NCCO. The third kappa shape index (κ3) is 18.4. The Kier molecular flexibility index (Phi) is 19.1. The molecule has 0 aromatic carbocycles. The molecule has 0 radical (unpaired) electrons. The molecule has 3 unspecified atom stereocenters. The van der Waals surface area contributed by atoms with Crippen LogP contribution in [-0.4, -0.2) is 51.5 Å². The van der Waals surface area contributed by atoms with E-state index in [1.54, 1.807) is 0 Å². The van der Waals surface area contributed by atoms with Crippen molar-refractivity contribution in [3.8, 4) is 0 Å². The molecule has 180 valence electrons. The Morgan fingerprint density at radius 3 is 1.83 bits per heavy atom. The lowest BCUT2D eigenvalue weighted by atomic mass is 10.0. The lowest BCUT2D eigenvalue weighted by Crippen LogP contribution is -2.32. The zero-order valence-electron chi connectivity index (χ0n) is 18.6. The van der Waals surface area contributed by atoms with Gasteiger partial charge < -0.3 is 20.2 Å². The zero-order chi connectivity index (χ0) is 22.7. The maximum absolute atomic E-state index is 11.9. The van der Waals surface area contributed by atoms with E-state index in [1.807, 2.05) is 5.09 Å². The van der Waals surface area contributed by atoms with Crippen LogP contribution in [0.25, 0.3) is 0 Å². The van der Waals surface area contributed by atoms with Crippen LogP contribution in [0.15, 0.2) is 0 Å². The van der Waals surface area contributed by atoms with E-state index in [4.69, 9.17) is 5.11 Å². The number of rotatable bonds is 22. The average molecular weight is 454 g/mol. The fraction of sp³-hybridized carbons (Fsp3) is 0.952. The molecule has 9 heteroatoms. The summed E-state index contributed by atoms with van der Waals surface area (Å²) in [5.41, 5.74) is 0. The largest absolute Gasteiger partial charge is 0.405 e. The van der Waals surface area contributed by atoms with Crippen molar-refractivity contribution < 1.29 is 34.1 Å². The number of hydrogen-bond donors (Lipinski definition) is 5. The van der Waals surface area contributed by atoms with Gasteiger partial charge >= 0.3 is 7.75 Å². The maximum atomic E-state index is 11.9. The zero-order valence-corrected chi connectivity index (χ0v) is 19.5.